The first-order valence-corrected chi connectivity index (χ1v) is 13.6. The van der Waals surface area contributed by atoms with Crippen LogP contribution in [0.15, 0.2) is 73.1 Å². The van der Waals surface area contributed by atoms with E-state index in [1.165, 1.54) is 12.1 Å². The number of hydrogen-bond donors (Lipinski definition) is 3. The molecule has 3 aromatic rings. The van der Waals surface area contributed by atoms with Crippen LogP contribution in [0.4, 0.5) is 36.8 Å². The summed E-state index contributed by atoms with van der Waals surface area (Å²) in [6.07, 6.45) is -5.05. The van der Waals surface area contributed by atoms with Crippen molar-refractivity contribution >= 4 is 11.7 Å². The van der Waals surface area contributed by atoms with E-state index in [-0.39, 0.29) is 6.03 Å². The number of benzene rings is 2. The molecule has 1 fully saturated rings. The van der Waals surface area contributed by atoms with Gasteiger partial charge >= 0.3 is 18.4 Å². The Morgan fingerprint density at radius 2 is 1.40 bits per heavy atom. The van der Waals surface area contributed by atoms with Gasteiger partial charge in [-0.25, -0.2) is 4.79 Å². The molecule has 2 amide bonds. The van der Waals surface area contributed by atoms with E-state index < -0.39 is 23.5 Å². The number of amides is 2. The Bertz CT molecular complexity index is 1280. The van der Waals surface area contributed by atoms with Gasteiger partial charge in [0.2, 0.25) is 0 Å². The second-order valence-corrected chi connectivity index (χ2v) is 10.5. The molecule has 0 saturated carbocycles. The van der Waals surface area contributed by atoms with Gasteiger partial charge in [0.05, 0.1) is 0 Å². The van der Waals surface area contributed by atoms with Crippen LogP contribution in [0.2, 0.25) is 0 Å². The number of aliphatic hydroxyl groups is 1. The third kappa shape index (κ3) is 7.80. The van der Waals surface area contributed by atoms with Crippen molar-refractivity contribution in [3.63, 3.8) is 0 Å². The van der Waals surface area contributed by atoms with Gasteiger partial charge in [0, 0.05) is 36.7 Å². The van der Waals surface area contributed by atoms with Gasteiger partial charge in [-0.2, -0.15) is 26.3 Å². The molecule has 1 saturated heterocycles. The van der Waals surface area contributed by atoms with Crippen LogP contribution in [0, 0.1) is 5.92 Å². The van der Waals surface area contributed by atoms with Gasteiger partial charge in [0.25, 0.3) is 5.60 Å². The molecule has 0 aliphatic carbocycles. The number of rotatable bonds is 9. The van der Waals surface area contributed by atoms with Crippen molar-refractivity contribution in [2.75, 3.05) is 25.0 Å². The molecule has 1 aliphatic rings. The van der Waals surface area contributed by atoms with Crippen LogP contribution in [-0.2, 0) is 25.0 Å². The van der Waals surface area contributed by atoms with Crippen molar-refractivity contribution in [3.8, 4) is 0 Å². The fourth-order valence-electron chi connectivity index (χ4n) is 5.05. The number of piperidine rings is 1. The summed E-state index contributed by atoms with van der Waals surface area (Å²) >= 11 is 0. The predicted molar refractivity (Wildman–Crippen MR) is 146 cm³/mol. The van der Waals surface area contributed by atoms with Gasteiger partial charge in [-0.1, -0.05) is 36.4 Å². The van der Waals surface area contributed by atoms with Crippen molar-refractivity contribution in [2.45, 2.75) is 50.2 Å². The van der Waals surface area contributed by atoms with Crippen molar-refractivity contribution in [1.82, 2.24) is 15.2 Å². The topological polar surface area (TPSA) is 77.5 Å². The lowest BCUT2D eigenvalue weighted by atomic mass is 9.89. The summed E-state index contributed by atoms with van der Waals surface area (Å²) in [6, 6.07) is 14.9. The number of urea groups is 1. The summed E-state index contributed by atoms with van der Waals surface area (Å²) in [5, 5.41) is 15.2. The Morgan fingerprint density at radius 3 is 1.98 bits per heavy atom. The molecule has 42 heavy (non-hydrogen) atoms. The fraction of sp³-hybridized carbons (Fsp3) is 0.400. The Morgan fingerprint density at radius 1 is 0.833 bits per heavy atom. The maximum absolute atomic E-state index is 13.1. The van der Waals surface area contributed by atoms with Crippen molar-refractivity contribution < 1.29 is 36.2 Å². The molecule has 3 N–H and O–H groups in total. The Balaban J connectivity index is 1.20. The third-order valence-electron chi connectivity index (χ3n) is 7.49. The molecule has 2 aromatic carbocycles. The van der Waals surface area contributed by atoms with E-state index in [1.807, 2.05) is 36.4 Å². The van der Waals surface area contributed by atoms with Crippen LogP contribution >= 0.6 is 0 Å². The molecule has 0 bridgehead atoms. The number of anilines is 1. The molecule has 12 heteroatoms. The van der Waals surface area contributed by atoms with Crippen molar-refractivity contribution in [1.29, 1.82) is 0 Å². The third-order valence-corrected chi connectivity index (χ3v) is 7.49. The van der Waals surface area contributed by atoms with Crippen molar-refractivity contribution in [2.24, 2.45) is 5.92 Å². The highest BCUT2D eigenvalue weighted by atomic mass is 19.4. The second kappa shape index (κ2) is 13.1. The van der Waals surface area contributed by atoms with Crippen LogP contribution in [0.1, 0.15) is 35.1 Å². The van der Waals surface area contributed by atoms with Gasteiger partial charge in [-0.05, 0) is 85.6 Å². The normalized spacial score (nSPS) is 15.4. The highest BCUT2D eigenvalue weighted by Gasteiger charge is 2.71. The zero-order valence-corrected chi connectivity index (χ0v) is 22.7. The predicted octanol–water partition coefficient (Wildman–Crippen LogP) is 6.21. The van der Waals surface area contributed by atoms with Gasteiger partial charge in [-0.15, -0.1) is 0 Å². The van der Waals surface area contributed by atoms with Crippen LogP contribution < -0.4 is 10.6 Å². The van der Waals surface area contributed by atoms with Gasteiger partial charge in [0.1, 0.15) is 0 Å². The summed E-state index contributed by atoms with van der Waals surface area (Å²) in [6.45, 7) is 2.35. The molecule has 0 spiro atoms. The first kappa shape index (κ1) is 31.3. The molecule has 0 atom stereocenters. The summed E-state index contributed by atoms with van der Waals surface area (Å²) in [5.74, 6) is 0.424. The minimum atomic E-state index is -5.90. The largest absolute Gasteiger partial charge is 0.430 e. The molecule has 1 aliphatic heterocycles. The maximum atomic E-state index is 13.1. The quantitative estimate of drug-likeness (QED) is 0.258. The molecule has 0 radical (unpaired) electrons. The lowest BCUT2D eigenvalue weighted by molar-refractivity contribution is -0.376. The Hall–Kier alpha value is -3.64. The summed E-state index contributed by atoms with van der Waals surface area (Å²) in [5.41, 5.74) is -2.71. The van der Waals surface area contributed by atoms with E-state index in [9.17, 15) is 36.2 Å². The summed E-state index contributed by atoms with van der Waals surface area (Å²) in [4.78, 5) is 18.2. The van der Waals surface area contributed by atoms with E-state index >= 15 is 0 Å². The molecule has 4 rings (SSSR count). The average molecular weight is 595 g/mol. The molecular formula is C30H32F6N4O2. The molecule has 6 nitrogen and oxygen atoms in total. The van der Waals surface area contributed by atoms with E-state index in [2.05, 4.69) is 20.5 Å². The molecule has 2 heterocycles. The van der Waals surface area contributed by atoms with E-state index in [1.54, 1.807) is 12.4 Å². The number of carbonyl (C=O) groups is 1. The minimum Gasteiger partial charge on any atom is -0.369 e. The highest BCUT2D eigenvalue weighted by molar-refractivity contribution is 5.89. The van der Waals surface area contributed by atoms with Gasteiger partial charge < -0.3 is 15.7 Å². The summed E-state index contributed by atoms with van der Waals surface area (Å²) < 4.78 is 78.7. The number of alkyl halides is 6. The Kier molecular flexibility index (Phi) is 9.78. The zero-order valence-electron chi connectivity index (χ0n) is 22.7. The van der Waals surface area contributed by atoms with Gasteiger partial charge in [-0.3, -0.25) is 9.88 Å². The lowest BCUT2D eigenvalue weighted by Gasteiger charge is -2.33. The number of nitrogens with one attached hydrogen (secondary N) is 2. The molecule has 226 valence electrons. The van der Waals surface area contributed by atoms with Gasteiger partial charge in [0.15, 0.2) is 0 Å². The van der Waals surface area contributed by atoms with Crippen LogP contribution in [-0.4, -0.2) is 53.0 Å². The number of halogens is 6. The van der Waals surface area contributed by atoms with E-state index in [4.69, 9.17) is 0 Å². The first-order chi connectivity index (χ1) is 19.8. The van der Waals surface area contributed by atoms with Crippen LogP contribution in [0.3, 0.4) is 0 Å². The molecular weight excluding hydrogens is 562 g/mol. The number of pyridine rings is 1. The average Bonchev–Trinajstić information content (AvgIpc) is 2.94. The minimum absolute atomic E-state index is 0.282. The van der Waals surface area contributed by atoms with Crippen LogP contribution in [0.25, 0.3) is 0 Å². The highest BCUT2D eigenvalue weighted by Crippen LogP contribution is 2.50. The maximum Gasteiger partial charge on any atom is 0.430 e. The standard InChI is InChI=1S/C30H32F6N4O2/c31-29(32,33)28(42,30(34,35)36)25-5-1-24(2-6-25)20-40-17-12-23(13-18-40)19-22-3-7-26(8-4-22)39-27(41)38-16-11-21-9-14-37-15-10-21/h1-10,14-15,23,42H,11-13,16-20H2,(H2,38,39,41). The Labute approximate surface area is 239 Å². The van der Waals surface area contributed by atoms with Crippen LogP contribution in [0.5, 0.6) is 0 Å². The zero-order chi connectivity index (χ0) is 30.4. The molecule has 0 unspecified atom stereocenters. The number of aromatic nitrogens is 1. The molecule has 1 aromatic heterocycles. The number of hydrogen-bond acceptors (Lipinski definition) is 4. The van der Waals surface area contributed by atoms with E-state index in [0.29, 0.717) is 48.8 Å². The van der Waals surface area contributed by atoms with E-state index in [0.717, 1.165) is 43.5 Å². The fourth-order valence-corrected chi connectivity index (χ4v) is 5.05. The number of likely N-dealkylation sites (tertiary alicyclic amines) is 1. The smallest absolute Gasteiger partial charge is 0.369 e. The van der Waals surface area contributed by atoms with Crippen molar-refractivity contribution in [3.05, 3.63) is 95.3 Å². The lowest BCUT2D eigenvalue weighted by Crippen LogP contribution is -2.53. The first-order valence-electron chi connectivity index (χ1n) is 13.6. The summed E-state index contributed by atoms with van der Waals surface area (Å²) in [7, 11) is 0. The number of nitrogens with zero attached hydrogens (tertiary/aromatic N) is 2. The number of carbonyl (C=O) groups excluding carboxylic acids is 1. The monoisotopic (exact) mass is 594 g/mol. The second-order valence-electron chi connectivity index (χ2n) is 10.5. The SMILES string of the molecule is O=C(NCCc1ccncc1)Nc1ccc(CC2CCN(Cc3ccc(C(O)(C(F)(F)F)C(F)(F)F)cc3)CC2)cc1.